The largest absolute Gasteiger partial charge is 0.493 e. The van der Waals surface area contributed by atoms with Gasteiger partial charge in [-0.15, -0.1) is 0 Å². The van der Waals surface area contributed by atoms with Gasteiger partial charge < -0.3 is 14.8 Å². The van der Waals surface area contributed by atoms with Crippen molar-refractivity contribution in [3.63, 3.8) is 0 Å². The maximum absolute atomic E-state index is 12.3. The molecule has 4 nitrogen and oxygen atoms in total. The molecule has 0 saturated heterocycles. The van der Waals surface area contributed by atoms with Crippen LogP contribution in [0.15, 0.2) is 42.5 Å². The Balaban J connectivity index is 1.94. The molecule has 0 aliphatic carbocycles. The smallest absolute Gasteiger partial charge is 0.220 e. The van der Waals surface area contributed by atoms with Crippen molar-refractivity contribution in [2.45, 2.75) is 32.2 Å². The van der Waals surface area contributed by atoms with E-state index in [-0.39, 0.29) is 11.9 Å². The van der Waals surface area contributed by atoms with Crippen LogP contribution in [0, 0.1) is 0 Å². The molecule has 0 aliphatic rings. The van der Waals surface area contributed by atoms with Gasteiger partial charge in [-0.05, 0) is 48.2 Å². The van der Waals surface area contributed by atoms with Crippen LogP contribution in [0.5, 0.6) is 11.5 Å². The molecule has 1 N–H and O–H groups in total. The van der Waals surface area contributed by atoms with Gasteiger partial charge in [-0.3, -0.25) is 4.79 Å². The quantitative estimate of drug-likeness (QED) is 0.749. The summed E-state index contributed by atoms with van der Waals surface area (Å²) in [5, 5.41) is 3.78. The Kier molecular flexibility index (Phi) is 7.14. The fourth-order valence-corrected chi connectivity index (χ4v) is 2.80. The van der Waals surface area contributed by atoms with Gasteiger partial charge in [-0.25, -0.2) is 0 Å². The van der Waals surface area contributed by atoms with Gasteiger partial charge in [-0.1, -0.05) is 36.7 Å². The zero-order valence-electron chi connectivity index (χ0n) is 14.8. The van der Waals surface area contributed by atoms with Crippen LogP contribution >= 0.6 is 11.6 Å². The highest BCUT2D eigenvalue weighted by molar-refractivity contribution is 6.30. The van der Waals surface area contributed by atoms with E-state index in [0.717, 1.165) is 17.5 Å². The van der Waals surface area contributed by atoms with Crippen LogP contribution in [0.25, 0.3) is 0 Å². The van der Waals surface area contributed by atoms with E-state index in [1.807, 2.05) is 49.4 Å². The van der Waals surface area contributed by atoms with Crippen LogP contribution in [0.4, 0.5) is 0 Å². The number of hydrogen-bond acceptors (Lipinski definition) is 3. The van der Waals surface area contributed by atoms with Gasteiger partial charge in [0.25, 0.3) is 0 Å². The van der Waals surface area contributed by atoms with E-state index >= 15 is 0 Å². The average molecular weight is 362 g/mol. The number of amides is 1. The lowest BCUT2D eigenvalue weighted by molar-refractivity contribution is -0.121. The molecule has 2 aromatic carbocycles. The summed E-state index contributed by atoms with van der Waals surface area (Å²) >= 11 is 5.92. The number of benzene rings is 2. The monoisotopic (exact) mass is 361 g/mol. The van der Waals surface area contributed by atoms with Crippen molar-refractivity contribution in [2.75, 3.05) is 14.2 Å². The molecule has 1 unspecified atom stereocenters. The molecule has 0 bridgehead atoms. The van der Waals surface area contributed by atoms with Crippen molar-refractivity contribution < 1.29 is 14.3 Å². The van der Waals surface area contributed by atoms with E-state index in [2.05, 4.69) is 5.32 Å². The minimum absolute atomic E-state index is 0.00447. The molecule has 134 valence electrons. The molecule has 0 radical (unpaired) electrons. The van der Waals surface area contributed by atoms with Crippen molar-refractivity contribution in [3.05, 3.63) is 58.6 Å². The van der Waals surface area contributed by atoms with Crippen LogP contribution in [0.1, 0.15) is 36.9 Å². The summed E-state index contributed by atoms with van der Waals surface area (Å²) in [7, 11) is 3.21. The molecular weight excluding hydrogens is 338 g/mol. The fraction of sp³-hybridized carbons (Fsp3) is 0.350. The third kappa shape index (κ3) is 5.40. The first kappa shape index (κ1) is 19.1. The second-order valence-corrected chi connectivity index (χ2v) is 6.21. The SMILES string of the molecule is CCC(NC(=O)CCc1ccc(OC)c(OC)c1)c1ccc(Cl)cc1. The maximum Gasteiger partial charge on any atom is 0.220 e. The molecule has 0 heterocycles. The summed E-state index contributed by atoms with van der Waals surface area (Å²) < 4.78 is 10.5. The molecule has 0 aliphatic heterocycles. The second-order valence-electron chi connectivity index (χ2n) is 5.77. The summed E-state index contributed by atoms with van der Waals surface area (Å²) in [6.45, 7) is 2.05. The molecular formula is C20H24ClNO3. The number of halogens is 1. The summed E-state index contributed by atoms with van der Waals surface area (Å²) in [5.41, 5.74) is 2.10. The molecule has 0 saturated carbocycles. The van der Waals surface area contributed by atoms with Gasteiger partial charge >= 0.3 is 0 Å². The zero-order chi connectivity index (χ0) is 18.2. The number of carbonyl (C=O) groups excluding carboxylic acids is 1. The molecule has 1 amide bonds. The Hall–Kier alpha value is -2.20. The van der Waals surface area contributed by atoms with Crippen LogP contribution in [0.2, 0.25) is 5.02 Å². The lowest BCUT2D eigenvalue weighted by Gasteiger charge is -2.17. The van der Waals surface area contributed by atoms with Gasteiger partial charge in [0.15, 0.2) is 11.5 Å². The van der Waals surface area contributed by atoms with E-state index in [0.29, 0.717) is 29.4 Å². The number of carbonyl (C=O) groups is 1. The predicted molar refractivity (Wildman–Crippen MR) is 100 cm³/mol. The van der Waals surface area contributed by atoms with Crippen LogP contribution in [0.3, 0.4) is 0 Å². The summed E-state index contributed by atoms with van der Waals surface area (Å²) in [6, 6.07) is 13.3. The van der Waals surface area contributed by atoms with Crippen molar-refractivity contribution in [1.29, 1.82) is 0 Å². The molecule has 0 fully saturated rings. The number of ether oxygens (including phenoxy) is 2. The highest BCUT2D eigenvalue weighted by Gasteiger charge is 2.13. The van der Waals surface area contributed by atoms with Crippen LogP contribution in [-0.2, 0) is 11.2 Å². The first-order chi connectivity index (χ1) is 12.1. The first-order valence-electron chi connectivity index (χ1n) is 8.33. The summed E-state index contributed by atoms with van der Waals surface area (Å²) in [4.78, 5) is 12.3. The van der Waals surface area contributed by atoms with E-state index < -0.39 is 0 Å². The Morgan fingerprint density at radius 3 is 2.36 bits per heavy atom. The van der Waals surface area contributed by atoms with Gasteiger partial charge in [-0.2, -0.15) is 0 Å². The van der Waals surface area contributed by atoms with Crippen LogP contribution < -0.4 is 14.8 Å². The molecule has 2 aromatic rings. The van der Waals surface area contributed by atoms with E-state index in [9.17, 15) is 4.79 Å². The molecule has 0 aromatic heterocycles. The first-order valence-corrected chi connectivity index (χ1v) is 8.71. The topological polar surface area (TPSA) is 47.6 Å². The summed E-state index contributed by atoms with van der Waals surface area (Å²) in [6.07, 6.45) is 1.88. The lowest BCUT2D eigenvalue weighted by atomic mass is 10.0. The third-order valence-electron chi connectivity index (χ3n) is 4.10. The molecule has 25 heavy (non-hydrogen) atoms. The number of hydrogen-bond donors (Lipinski definition) is 1. The van der Waals surface area contributed by atoms with Gasteiger partial charge in [0.05, 0.1) is 20.3 Å². The Morgan fingerprint density at radius 1 is 1.08 bits per heavy atom. The minimum Gasteiger partial charge on any atom is -0.493 e. The van der Waals surface area contributed by atoms with Crippen molar-refractivity contribution >= 4 is 17.5 Å². The Bertz CT molecular complexity index is 701. The normalized spacial score (nSPS) is 11.7. The number of nitrogens with one attached hydrogen (secondary N) is 1. The van der Waals surface area contributed by atoms with E-state index in [1.165, 1.54) is 0 Å². The number of rotatable bonds is 8. The zero-order valence-corrected chi connectivity index (χ0v) is 15.6. The van der Waals surface area contributed by atoms with E-state index in [4.69, 9.17) is 21.1 Å². The molecule has 0 spiro atoms. The highest BCUT2D eigenvalue weighted by atomic mass is 35.5. The van der Waals surface area contributed by atoms with Gasteiger partial charge in [0.2, 0.25) is 5.91 Å². The standard InChI is InChI=1S/C20H24ClNO3/c1-4-17(15-7-9-16(21)10-8-15)22-20(23)12-6-14-5-11-18(24-2)19(13-14)25-3/h5,7-11,13,17H,4,6,12H2,1-3H3,(H,22,23). The van der Waals surface area contributed by atoms with Crippen molar-refractivity contribution in [1.82, 2.24) is 5.32 Å². The second kappa shape index (κ2) is 9.33. The number of methoxy groups -OCH3 is 2. The van der Waals surface area contributed by atoms with Crippen LogP contribution in [-0.4, -0.2) is 20.1 Å². The van der Waals surface area contributed by atoms with Crippen molar-refractivity contribution in [3.8, 4) is 11.5 Å². The predicted octanol–water partition coefficient (Wildman–Crippen LogP) is 4.56. The highest BCUT2D eigenvalue weighted by Crippen LogP contribution is 2.28. The van der Waals surface area contributed by atoms with Crippen molar-refractivity contribution in [2.24, 2.45) is 0 Å². The lowest BCUT2D eigenvalue weighted by Crippen LogP contribution is -2.28. The van der Waals surface area contributed by atoms with Gasteiger partial charge in [0.1, 0.15) is 0 Å². The maximum atomic E-state index is 12.3. The molecule has 5 heteroatoms. The average Bonchev–Trinajstić information content (AvgIpc) is 2.64. The van der Waals surface area contributed by atoms with Gasteiger partial charge in [0, 0.05) is 11.4 Å². The minimum atomic E-state index is -0.00447. The Morgan fingerprint density at radius 2 is 1.76 bits per heavy atom. The molecule has 2 rings (SSSR count). The fourth-order valence-electron chi connectivity index (χ4n) is 2.68. The van der Waals surface area contributed by atoms with E-state index in [1.54, 1.807) is 14.2 Å². The molecule has 1 atom stereocenters. The Labute approximate surface area is 154 Å². The third-order valence-corrected chi connectivity index (χ3v) is 4.36. The number of aryl methyl sites for hydroxylation is 1. The summed E-state index contributed by atoms with van der Waals surface area (Å²) in [5.74, 6) is 1.38.